The monoisotopic (exact) mass is 362 g/mol. The van der Waals surface area contributed by atoms with E-state index in [1.165, 1.54) is 0 Å². The number of carbonyl (C=O) groups excluding carboxylic acids is 2. The van der Waals surface area contributed by atoms with Crippen LogP contribution in [0.2, 0.25) is 0 Å². The van der Waals surface area contributed by atoms with E-state index in [0.717, 1.165) is 23.2 Å². The summed E-state index contributed by atoms with van der Waals surface area (Å²) in [6.45, 7) is 0.512. The van der Waals surface area contributed by atoms with Gasteiger partial charge >= 0.3 is 0 Å². The van der Waals surface area contributed by atoms with Gasteiger partial charge in [0.05, 0.1) is 18.7 Å². The summed E-state index contributed by atoms with van der Waals surface area (Å²) >= 11 is 0. The first-order valence-electron chi connectivity index (χ1n) is 8.87. The van der Waals surface area contributed by atoms with Crippen molar-refractivity contribution in [2.75, 3.05) is 13.1 Å². The van der Waals surface area contributed by atoms with Crippen molar-refractivity contribution in [3.05, 3.63) is 84.2 Å². The Hall–Kier alpha value is -3.41. The van der Waals surface area contributed by atoms with E-state index in [4.69, 9.17) is 0 Å². The van der Waals surface area contributed by atoms with Gasteiger partial charge in [0.1, 0.15) is 0 Å². The van der Waals surface area contributed by atoms with Crippen molar-refractivity contribution < 1.29 is 9.59 Å². The van der Waals surface area contributed by atoms with E-state index in [0.29, 0.717) is 6.54 Å². The highest BCUT2D eigenvalue weighted by Crippen LogP contribution is 2.08. The van der Waals surface area contributed by atoms with Gasteiger partial charge in [-0.1, -0.05) is 42.5 Å². The van der Waals surface area contributed by atoms with Crippen molar-refractivity contribution in [2.24, 2.45) is 0 Å². The predicted molar refractivity (Wildman–Crippen MR) is 103 cm³/mol. The zero-order valence-corrected chi connectivity index (χ0v) is 15.0. The smallest absolute Gasteiger partial charge is 0.239 e. The third-order valence-electron chi connectivity index (χ3n) is 4.09. The number of hydrogen-bond acceptors (Lipinski definition) is 3. The highest BCUT2D eigenvalue weighted by molar-refractivity contribution is 5.85. The van der Waals surface area contributed by atoms with Crippen LogP contribution in [0.25, 0.3) is 5.69 Å². The lowest BCUT2D eigenvalue weighted by Gasteiger charge is -2.08. The summed E-state index contributed by atoms with van der Waals surface area (Å²) in [6.07, 6.45) is 4.63. The van der Waals surface area contributed by atoms with Gasteiger partial charge in [-0.05, 0) is 35.7 Å². The Morgan fingerprint density at radius 2 is 1.63 bits per heavy atom. The van der Waals surface area contributed by atoms with E-state index in [-0.39, 0.29) is 24.8 Å². The maximum absolute atomic E-state index is 11.9. The summed E-state index contributed by atoms with van der Waals surface area (Å²) < 4.78 is 1.80. The van der Waals surface area contributed by atoms with E-state index in [9.17, 15) is 9.59 Å². The molecule has 0 unspecified atom stereocenters. The summed E-state index contributed by atoms with van der Waals surface area (Å²) in [7, 11) is 0. The summed E-state index contributed by atoms with van der Waals surface area (Å²) in [5.74, 6) is -0.352. The molecule has 0 fully saturated rings. The number of carbonyl (C=O) groups is 2. The molecular formula is C21H22N4O2. The van der Waals surface area contributed by atoms with E-state index >= 15 is 0 Å². The number of nitrogens with zero attached hydrogens (tertiary/aromatic N) is 2. The first-order chi connectivity index (χ1) is 13.2. The molecule has 27 heavy (non-hydrogen) atoms. The van der Waals surface area contributed by atoms with Crippen LogP contribution in [0.4, 0.5) is 0 Å². The van der Waals surface area contributed by atoms with E-state index in [2.05, 4.69) is 15.7 Å². The Labute approximate surface area is 158 Å². The maximum Gasteiger partial charge on any atom is 0.239 e. The Morgan fingerprint density at radius 3 is 2.33 bits per heavy atom. The molecule has 0 aliphatic heterocycles. The average Bonchev–Trinajstić information content (AvgIpc) is 3.23. The molecule has 6 heteroatoms. The molecule has 0 radical (unpaired) electrons. The molecule has 0 saturated carbocycles. The number of benzene rings is 2. The molecule has 1 aromatic heterocycles. The van der Waals surface area contributed by atoms with E-state index in [1.54, 1.807) is 10.9 Å². The molecule has 0 aliphatic rings. The normalized spacial score (nSPS) is 10.4. The number of amides is 2. The van der Waals surface area contributed by atoms with Gasteiger partial charge in [0.15, 0.2) is 0 Å². The molecule has 0 atom stereocenters. The van der Waals surface area contributed by atoms with Gasteiger partial charge in [0, 0.05) is 18.9 Å². The summed E-state index contributed by atoms with van der Waals surface area (Å²) in [5.41, 5.74) is 3.04. The van der Waals surface area contributed by atoms with Gasteiger partial charge in [-0.2, -0.15) is 5.10 Å². The van der Waals surface area contributed by atoms with Crippen LogP contribution in [0.1, 0.15) is 11.1 Å². The summed E-state index contributed by atoms with van der Waals surface area (Å²) in [6, 6.07) is 19.3. The number of hydrogen-bond donors (Lipinski definition) is 2. The second-order valence-electron chi connectivity index (χ2n) is 6.16. The summed E-state index contributed by atoms with van der Waals surface area (Å²) in [5, 5.41) is 9.65. The molecule has 0 bridgehead atoms. The minimum Gasteiger partial charge on any atom is -0.354 e. The maximum atomic E-state index is 11.9. The van der Waals surface area contributed by atoms with Crippen LogP contribution in [0, 0.1) is 0 Å². The Morgan fingerprint density at radius 1 is 0.852 bits per heavy atom. The molecule has 2 amide bonds. The molecule has 1 heterocycles. The molecule has 0 spiro atoms. The minimum absolute atomic E-state index is 0.0100. The standard InChI is InChI=1S/C21H22N4O2/c26-20(15-18-5-2-1-3-6-18)23-16-21(27)22-13-11-17-7-9-19(10-8-17)25-14-4-12-24-25/h1-10,12,14H,11,13,15-16H2,(H,22,27)(H,23,26). The zero-order valence-electron chi connectivity index (χ0n) is 15.0. The van der Waals surface area contributed by atoms with Crippen LogP contribution in [0.15, 0.2) is 73.1 Å². The van der Waals surface area contributed by atoms with Crippen LogP contribution in [0.3, 0.4) is 0 Å². The number of aromatic nitrogens is 2. The van der Waals surface area contributed by atoms with Crippen LogP contribution in [-0.4, -0.2) is 34.7 Å². The molecule has 138 valence electrons. The third kappa shape index (κ3) is 5.81. The van der Waals surface area contributed by atoms with Gasteiger partial charge in [0.25, 0.3) is 0 Å². The first-order valence-corrected chi connectivity index (χ1v) is 8.87. The van der Waals surface area contributed by atoms with Crippen molar-refractivity contribution in [3.63, 3.8) is 0 Å². The van der Waals surface area contributed by atoms with Crippen molar-refractivity contribution in [1.29, 1.82) is 0 Å². The van der Waals surface area contributed by atoms with Gasteiger partial charge in [-0.3, -0.25) is 9.59 Å². The van der Waals surface area contributed by atoms with Gasteiger partial charge in [-0.15, -0.1) is 0 Å². The Kier molecular flexibility index (Phi) is 6.35. The van der Waals surface area contributed by atoms with Crippen molar-refractivity contribution in [2.45, 2.75) is 12.8 Å². The fraction of sp³-hybridized carbons (Fsp3) is 0.190. The summed E-state index contributed by atoms with van der Waals surface area (Å²) in [4.78, 5) is 23.7. The lowest BCUT2D eigenvalue weighted by atomic mass is 10.1. The quantitative estimate of drug-likeness (QED) is 0.642. The van der Waals surface area contributed by atoms with Gasteiger partial charge < -0.3 is 10.6 Å². The van der Waals surface area contributed by atoms with Crippen LogP contribution in [-0.2, 0) is 22.4 Å². The van der Waals surface area contributed by atoms with Crippen LogP contribution < -0.4 is 10.6 Å². The largest absolute Gasteiger partial charge is 0.354 e. The SMILES string of the molecule is O=C(CNC(=O)Cc1ccccc1)NCCc1ccc(-n2cccn2)cc1. The molecule has 2 aromatic carbocycles. The average molecular weight is 362 g/mol. The number of nitrogens with one attached hydrogen (secondary N) is 2. The third-order valence-corrected chi connectivity index (χ3v) is 4.09. The van der Waals surface area contributed by atoms with Gasteiger partial charge in [0.2, 0.25) is 11.8 Å². The van der Waals surface area contributed by atoms with Crippen molar-refractivity contribution >= 4 is 11.8 Å². The van der Waals surface area contributed by atoms with Gasteiger partial charge in [-0.25, -0.2) is 4.68 Å². The zero-order chi connectivity index (χ0) is 18.9. The molecule has 0 aliphatic carbocycles. The minimum atomic E-state index is -0.190. The second-order valence-corrected chi connectivity index (χ2v) is 6.16. The molecule has 6 nitrogen and oxygen atoms in total. The molecule has 2 N–H and O–H groups in total. The Balaban J connectivity index is 1.35. The van der Waals surface area contributed by atoms with E-state index in [1.807, 2.05) is 66.9 Å². The molecule has 3 aromatic rings. The molecular weight excluding hydrogens is 340 g/mol. The predicted octanol–water partition coefficient (Wildman–Crippen LogP) is 1.89. The van der Waals surface area contributed by atoms with Crippen molar-refractivity contribution in [1.82, 2.24) is 20.4 Å². The fourth-order valence-corrected chi connectivity index (χ4v) is 2.67. The highest BCUT2D eigenvalue weighted by atomic mass is 16.2. The van der Waals surface area contributed by atoms with Crippen LogP contribution >= 0.6 is 0 Å². The lowest BCUT2D eigenvalue weighted by Crippen LogP contribution is -2.38. The fourth-order valence-electron chi connectivity index (χ4n) is 2.67. The topological polar surface area (TPSA) is 76.0 Å². The Bertz CT molecular complexity index is 859. The first kappa shape index (κ1) is 18.4. The van der Waals surface area contributed by atoms with Crippen molar-refractivity contribution in [3.8, 4) is 5.69 Å². The van der Waals surface area contributed by atoms with E-state index < -0.39 is 0 Å². The number of rotatable bonds is 8. The van der Waals surface area contributed by atoms with Crippen LogP contribution in [0.5, 0.6) is 0 Å². The lowest BCUT2D eigenvalue weighted by molar-refractivity contribution is -0.125. The molecule has 3 rings (SSSR count). The second kappa shape index (κ2) is 9.33. The highest BCUT2D eigenvalue weighted by Gasteiger charge is 2.06. The molecule has 0 saturated heterocycles.